The zero-order valence-corrected chi connectivity index (χ0v) is 15.3. The lowest BCUT2D eigenvalue weighted by Gasteiger charge is -2.37. The van der Waals surface area contributed by atoms with Crippen molar-refractivity contribution in [1.29, 1.82) is 0 Å². The molecule has 1 aliphatic carbocycles. The average Bonchev–Trinajstić information content (AvgIpc) is 2.63. The highest BCUT2D eigenvalue weighted by Crippen LogP contribution is 2.37. The molecule has 1 amide bonds. The van der Waals surface area contributed by atoms with Gasteiger partial charge in [-0.05, 0) is 44.2 Å². The van der Waals surface area contributed by atoms with Crippen LogP contribution in [0.4, 0.5) is 5.69 Å². The molecule has 0 unspecified atom stereocenters. The summed E-state index contributed by atoms with van der Waals surface area (Å²) in [6, 6.07) is 11.8. The Morgan fingerprint density at radius 3 is 2.68 bits per heavy atom. The monoisotopic (exact) mass is 341 g/mol. The van der Waals surface area contributed by atoms with E-state index in [1.807, 2.05) is 43.3 Å². The molecule has 1 fully saturated rings. The fraction of sp³-hybridized carbons (Fsp3) is 0.476. The summed E-state index contributed by atoms with van der Waals surface area (Å²) in [4.78, 5) is 13.1. The molecule has 3 rings (SSSR count). The van der Waals surface area contributed by atoms with Gasteiger partial charge in [-0.3, -0.25) is 4.79 Å². The Morgan fingerprint density at radius 1 is 1.24 bits per heavy atom. The van der Waals surface area contributed by atoms with E-state index in [4.69, 9.17) is 9.47 Å². The molecular formula is C21H27NO3. The van der Waals surface area contributed by atoms with E-state index < -0.39 is 5.60 Å². The van der Waals surface area contributed by atoms with Gasteiger partial charge in [-0.25, -0.2) is 0 Å². The van der Waals surface area contributed by atoms with Crippen molar-refractivity contribution in [2.45, 2.75) is 45.1 Å². The van der Waals surface area contributed by atoms with Crippen molar-refractivity contribution in [3.05, 3.63) is 36.4 Å². The number of carbonyl (C=O) groups excluding carboxylic acids is 1. The number of anilines is 1. The average molecular weight is 341 g/mol. The number of hydrogen-bond acceptors (Lipinski definition) is 3. The van der Waals surface area contributed by atoms with E-state index in [0.717, 1.165) is 47.9 Å². The topological polar surface area (TPSA) is 47.6 Å². The van der Waals surface area contributed by atoms with E-state index in [2.05, 4.69) is 12.2 Å². The van der Waals surface area contributed by atoms with E-state index in [1.165, 1.54) is 0 Å². The minimum atomic E-state index is -0.725. The van der Waals surface area contributed by atoms with Gasteiger partial charge in [0.25, 0.3) is 5.91 Å². The van der Waals surface area contributed by atoms with Crippen LogP contribution in [0, 0.1) is 5.92 Å². The minimum absolute atomic E-state index is 0.0455. The number of benzene rings is 2. The smallest absolute Gasteiger partial charge is 0.256 e. The number of methoxy groups -OCH3 is 1. The molecular weight excluding hydrogens is 314 g/mol. The lowest BCUT2D eigenvalue weighted by Crippen LogP contribution is -2.47. The normalized spacial score (nSPS) is 23.4. The maximum Gasteiger partial charge on any atom is 0.256 e. The molecule has 0 aliphatic heterocycles. The molecule has 2 aromatic carbocycles. The van der Waals surface area contributed by atoms with Crippen LogP contribution in [0.1, 0.15) is 39.5 Å². The fourth-order valence-electron chi connectivity index (χ4n) is 3.89. The summed E-state index contributed by atoms with van der Waals surface area (Å²) in [6.07, 6.45) is 3.72. The summed E-state index contributed by atoms with van der Waals surface area (Å²) in [6.45, 7) is 4.77. The SMILES string of the molecule is CCOc1ccc(NC(=O)[C@]2(OC)CCC[C@H](C)C2)c2ccccc12. The molecule has 0 bridgehead atoms. The molecule has 0 spiro atoms. The van der Waals surface area contributed by atoms with Crippen LogP contribution in [0.5, 0.6) is 5.75 Å². The van der Waals surface area contributed by atoms with E-state index in [1.54, 1.807) is 7.11 Å². The number of amides is 1. The predicted octanol–water partition coefficient (Wildman–Crippen LogP) is 4.77. The van der Waals surface area contributed by atoms with Gasteiger partial charge >= 0.3 is 0 Å². The van der Waals surface area contributed by atoms with Crippen molar-refractivity contribution in [3.8, 4) is 5.75 Å². The second kappa shape index (κ2) is 7.44. The Hall–Kier alpha value is -2.07. The van der Waals surface area contributed by atoms with Gasteiger partial charge in [0.1, 0.15) is 11.4 Å². The minimum Gasteiger partial charge on any atom is -0.493 e. The van der Waals surface area contributed by atoms with Gasteiger partial charge in [0.05, 0.1) is 6.61 Å². The Bertz CT molecular complexity index is 758. The van der Waals surface area contributed by atoms with Crippen LogP contribution in [0.15, 0.2) is 36.4 Å². The van der Waals surface area contributed by atoms with Crippen LogP contribution in [-0.4, -0.2) is 25.2 Å². The van der Waals surface area contributed by atoms with Gasteiger partial charge in [-0.15, -0.1) is 0 Å². The Labute approximate surface area is 149 Å². The van der Waals surface area contributed by atoms with Crippen LogP contribution >= 0.6 is 0 Å². The second-order valence-corrected chi connectivity index (χ2v) is 6.94. The third kappa shape index (κ3) is 3.49. The lowest BCUT2D eigenvalue weighted by atomic mass is 9.78. The highest BCUT2D eigenvalue weighted by molar-refractivity contribution is 6.06. The van der Waals surface area contributed by atoms with Crippen LogP contribution in [0.25, 0.3) is 10.8 Å². The van der Waals surface area contributed by atoms with Crippen LogP contribution in [0.3, 0.4) is 0 Å². The number of fused-ring (bicyclic) bond motifs is 1. The molecule has 1 saturated carbocycles. The van der Waals surface area contributed by atoms with Crippen molar-refractivity contribution in [2.75, 3.05) is 19.0 Å². The van der Waals surface area contributed by atoms with Gasteiger partial charge in [0.2, 0.25) is 0 Å². The van der Waals surface area contributed by atoms with Crippen molar-refractivity contribution in [3.63, 3.8) is 0 Å². The predicted molar refractivity (Wildman–Crippen MR) is 101 cm³/mol. The van der Waals surface area contributed by atoms with Gasteiger partial charge in [0.15, 0.2) is 0 Å². The highest BCUT2D eigenvalue weighted by atomic mass is 16.5. The zero-order valence-electron chi connectivity index (χ0n) is 15.3. The van der Waals surface area contributed by atoms with E-state index in [-0.39, 0.29) is 5.91 Å². The standard InChI is InChI=1S/C21H27NO3/c1-4-25-19-12-11-18(16-9-5-6-10-17(16)19)22-20(23)21(24-3)13-7-8-15(2)14-21/h5-6,9-12,15H,4,7-8,13-14H2,1-3H3,(H,22,23)/t15-,21-/m0/s1. The lowest BCUT2D eigenvalue weighted by molar-refractivity contribution is -0.143. The van der Waals surface area contributed by atoms with Crippen molar-refractivity contribution in [2.24, 2.45) is 5.92 Å². The third-order valence-electron chi connectivity index (χ3n) is 5.19. The Balaban J connectivity index is 1.92. The molecule has 2 atom stereocenters. The molecule has 2 aromatic rings. The van der Waals surface area contributed by atoms with E-state index in [9.17, 15) is 4.79 Å². The molecule has 0 aromatic heterocycles. The van der Waals surface area contributed by atoms with Gasteiger partial charge in [-0.2, -0.15) is 0 Å². The molecule has 0 heterocycles. The fourth-order valence-corrected chi connectivity index (χ4v) is 3.89. The highest BCUT2D eigenvalue weighted by Gasteiger charge is 2.42. The molecule has 1 aliphatic rings. The third-order valence-corrected chi connectivity index (χ3v) is 5.19. The second-order valence-electron chi connectivity index (χ2n) is 6.94. The summed E-state index contributed by atoms with van der Waals surface area (Å²) < 4.78 is 11.4. The maximum atomic E-state index is 13.1. The first-order valence-corrected chi connectivity index (χ1v) is 9.11. The molecule has 4 heteroatoms. The summed E-state index contributed by atoms with van der Waals surface area (Å²) in [5.41, 5.74) is 0.0795. The zero-order chi connectivity index (χ0) is 17.9. The van der Waals surface area contributed by atoms with Crippen LogP contribution in [0.2, 0.25) is 0 Å². The maximum absolute atomic E-state index is 13.1. The van der Waals surface area contributed by atoms with Crippen molar-refractivity contribution < 1.29 is 14.3 Å². The summed E-state index contributed by atoms with van der Waals surface area (Å²) in [5, 5.41) is 5.11. The molecule has 134 valence electrons. The molecule has 25 heavy (non-hydrogen) atoms. The van der Waals surface area contributed by atoms with Gasteiger partial charge in [0, 0.05) is 23.6 Å². The Morgan fingerprint density at radius 2 is 2.00 bits per heavy atom. The molecule has 0 radical (unpaired) electrons. The molecule has 0 saturated heterocycles. The summed E-state index contributed by atoms with van der Waals surface area (Å²) in [5.74, 6) is 1.29. The first-order chi connectivity index (χ1) is 12.1. The first kappa shape index (κ1) is 17.7. The number of carbonyl (C=O) groups is 1. The van der Waals surface area contributed by atoms with Crippen LogP contribution < -0.4 is 10.1 Å². The molecule has 4 nitrogen and oxygen atoms in total. The number of hydrogen-bond donors (Lipinski definition) is 1. The number of ether oxygens (including phenoxy) is 2. The van der Waals surface area contributed by atoms with Crippen molar-refractivity contribution in [1.82, 2.24) is 0 Å². The number of nitrogens with one attached hydrogen (secondary N) is 1. The molecule has 1 N–H and O–H groups in total. The number of rotatable bonds is 5. The van der Waals surface area contributed by atoms with E-state index >= 15 is 0 Å². The van der Waals surface area contributed by atoms with Gasteiger partial charge < -0.3 is 14.8 Å². The summed E-state index contributed by atoms with van der Waals surface area (Å²) >= 11 is 0. The van der Waals surface area contributed by atoms with E-state index in [0.29, 0.717) is 12.5 Å². The van der Waals surface area contributed by atoms with Gasteiger partial charge in [-0.1, -0.05) is 37.6 Å². The van der Waals surface area contributed by atoms with Crippen LogP contribution in [-0.2, 0) is 9.53 Å². The summed E-state index contributed by atoms with van der Waals surface area (Å²) in [7, 11) is 1.65. The quantitative estimate of drug-likeness (QED) is 0.852. The largest absolute Gasteiger partial charge is 0.493 e. The first-order valence-electron chi connectivity index (χ1n) is 9.11. The van der Waals surface area contributed by atoms with Crippen molar-refractivity contribution >= 4 is 22.4 Å². The Kier molecular flexibility index (Phi) is 5.28.